The van der Waals surface area contributed by atoms with Gasteiger partial charge in [0.25, 0.3) is 5.56 Å². The zero-order chi connectivity index (χ0) is 14.5. The van der Waals surface area contributed by atoms with Crippen LogP contribution in [0.3, 0.4) is 0 Å². The van der Waals surface area contributed by atoms with Crippen LogP contribution in [0.4, 0.5) is 5.69 Å². The molecule has 1 saturated heterocycles. The van der Waals surface area contributed by atoms with E-state index in [1.807, 2.05) is 0 Å². The van der Waals surface area contributed by atoms with E-state index in [2.05, 4.69) is 28.8 Å². The van der Waals surface area contributed by atoms with E-state index < -0.39 is 0 Å². The standard InChI is InChI=1S/C14H21ClN4O/c1-3-8-19-14(20)13(15)12(9-17-19)18(4-2)10-11-6-5-7-16-11/h3,9,11,16H,1,4-8,10H2,2H3. The lowest BCUT2D eigenvalue weighted by Gasteiger charge is -2.27. The zero-order valence-corrected chi connectivity index (χ0v) is 12.6. The third-order valence-electron chi connectivity index (χ3n) is 3.59. The van der Waals surface area contributed by atoms with Crippen LogP contribution in [0.1, 0.15) is 19.8 Å². The minimum atomic E-state index is -0.262. The molecule has 0 aromatic carbocycles. The molecule has 20 heavy (non-hydrogen) atoms. The number of allylic oxidation sites excluding steroid dienone is 1. The fourth-order valence-electron chi connectivity index (χ4n) is 2.51. The van der Waals surface area contributed by atoms with Gasteiger partial charge in [0, 0.05) is 19.1 Å². The summed E-state index contributed by atoms with van der Waals surface area (Å²) < 4.78 is 1.32. The predicted octanol–water partition coefficient (Wildman–Crippen LogP) is 1.66. The third-order valence-corrected chi connectivity index (χ3v) is 3.95. The molecule has 1 aliphatic heterocycles. The molecule has 1 aliphatic rings. The van der Waals surface area contributed by atoms with Crippen LogP contribution in [0.15, 0.2) is 23.6 Å². The molecule has 1 unspecified atom stereocenters. The highest BCUT2D eigenvalue weighted by Gasteiger charge is 2.20. The highest BCUT2D eigenvalue weighted by Crippen LogP contribution is 2.22. The predicted molar refractivity (Wildman–Crippen MR) is 82.6 cm³/mol. The number of aromatic nitrogens is 2. The maximum Gasteiger partial charge on any atom is 0.287 e. The summed E-state index contributed by atoms with van der Waals surface area (Å²) in [6, 6.07) is 0.460. The Labute approximate surface area is 124 Å². The molecule has 6 heteroatoms. The van der Waals surface area contributed by atoms with Crippen molar-refractivity contribution in [3.63, 3.8) is 0 Å². The van der Waals surface area contributed by atoms with Crippen molar-refractivity contribution >= 4 is 17.3 Å². The van der Waals surface area contributed by atoms with Gasteiger partial charge in [0.2, 0.25) is 0 Å². The Morgan fingerprint density at radius 1 is 1.70 bits per heavy atom. The van der Waals surface area contributed by atoms with Gasteiger partial charge in [-0.1, -0.05) is 17.7 Å². The van der Waals surface area contributed by atoms with E-state index in [4.69, 9.17) is 11.6 Å². The van der Waals surface area contributed by atoms with Crippen LogP contribution in [0.2, 0.25) is 5.02 Å². The second-order valence-corrected chi connectivity index (χ2v) is 5.33. The average molecular weight is 297 g/mol. The number of hydrogen-bond acceptors (Lipinski definition) is 4. The molecule has 1 atom stereocenters. The van der Waals surface area contributed by atoms with Crippen LogP contribution in [-0.2, 0) is 6.54 Å². The van der Waals surface area contributed by atoms with Gasteiger partial charge in [-0.3, -0.25) is 4.79 Å². The lowest BCUT2D eigenvalue weighted by atomic mass is 10.2. The molecule has 5 nitrogen and oxygen atoms in total. The lowest BCUT2D eigenvalue weighted by molar-refractivity contribution is 0.582. The van der Waals surface area contributed by atoms with Crippen LogP contribution in [0, 0.1) is 0 Å². The molecule has 1 aromatic rings. The Hall–Kier alpha value is -1.33. The van der Waals surface area contributed by atoms with Gasteiger partial charge in [-0.2, -0.15) is 5.10 Å². The first kappa shape index (κ1) is 15.1. The Morgan fingerprint density at radius 3 is 3.10 bits per heavy atom. The average Bonchev–Trinajstić information content (AvgIpc) is 2.95. The molecule has 0 radical (unpaired) electrons. The van der Waals surface area contributed by atoms with Crippen molar-refractivity contribution in [1.29, 1.82) is 0 Å². The maximum atomic E-state index is 12.1. The second-order valence-electron chi connectivity index (χ2n) is 4.95. The molecule has 2 heterocycles. The minimum Gasteiger partial charge on any atom is -0.368 e. The van der Waals surface area contributed by atoms with Crippen molar-refractivity contribution in [2.75, 3.05) is 24.5 Å². The van der Waals surface area contributed by atoms with Gasteiger partial charge in [-0.05, 0) is 26.3 Å². The van der Waals surface area contributed by atoms with Gasteiger partial charge in [0.05, 0.1) is 18.4 Å². The normalized spacial score (nSPS) is 18.2. The summed E-state index contributed by atoms with van der Waals surface area (Å²) in [6.45, 7) is 8.74. The SMILES string of the molecule is C=CCn1ncc(N(CC)CC2CCCN2)c(Cl)c1=O. The van der Waals surface area contributed by atoms with Gasteiger partial charge < -0.3 is 10.2 Å². The van der Waals surface area contributed by atoms with E-state index in [1.165, 1.54) is 11.1 Å². The molecular formula is C14H21ClN4O. The first-order chi connectivity index (χ1) is 9.67. The summed E-state index contributed by atoms with van der Waals surface area (Å²) in [5, 5.41) is 7.85. The summed E-state index contributed by atoms with van der Waals surface area (Å²) in [4.78, 5) is 14.2. The molecule has 110 valence electrons. The van der Waals surface area contributed by atoms with Crippen molar-refractivity contribution in [3.8, 4) is 0 Å². The van der Waals surface area contributed by atoms with Crippen molar-refractivity contribution in [3.05, 3.63) is 34.2 Å². The molecule has 1 N–H and O–H groups in total. The van der Waals surface area contributed by atoms with Crippen LogP contribution in [0.5, 0.6) is 0 Å². The Balaban J connectivity index is 2.22. The topological polar surface area (TPSA) is 50.2 Å². The third kappa shape index (κ3) is 3.22. The van der Waals surface area contributed by atoms with Crippen LogP contribution >= 0.6 is 11.6 Å². The fourth-order valence-corrected chi connectivity index (χ4v) is 2.77. The number of anilines is 1. The zero-order valence-electron chi connectivity index (χ0n) is 11.8. The molecule has 1 aromatic heterocycles. The van der Waals surface area contributed by atoms with E-state index in [0.29, 0.717) is 18.3 Å². The molecule has 1 fully saturated rings. The van der Waals surface area contributed by atoms with E-state index in [-0.39, 0.29) is 10.6 Å². The van der Waals surface area contributed by atoms with E-state index in [9.17, 15) is 4.79 Å². The number of rotatable bonds is 6. The molecule has 0 bridgehead atoms. The lowest BCUT2D eigenvalue weighted by Crippen LogP contribution is -2.38. The highest BCUT2D eigenvalue weighted by molar-refractivity contribution is 6.33. The second kappa shape index (κ2) is 6.90. The molecule has 2 rings (SSSR count). The number of hydrogen-bond donors (Lipinski definition) is 1. The van der Waals surface area contributed by atoms with Gasteiger partial charge in [-0.15, -0.1) is 6.58 Å². The first-order valence-corrected chi connectivity index (χ1v) is 7.40. The number of nitrogens with one attached hydrogen (secondary N) is 1. The summed E-state index contributed by atoms with van der Waals surface area (Å²) in [5.74, 6) is 0. The quantitative estimate of drug-likeness (QED) is 0.811. The first-order valence-electron chi connectivity index (χ1n) is 7.02. The summed E-state index contributed by atoms with van der Waals surface area (Å²) in [6.07, 6.45) is 5.67. The summed E-state index contributed by atoms with van der Waals surface area (Å²) >= 11 is 6.22. The monoisotopic (exact) mass is 296 g/mol. The molecule has 0 aliphatic carbocycles. The van der Waals surface area contributed by atoms with E-state index in [1.54, 1.807) is 12.3 Å². The fraction of sp³-hybridized carbons (Fsp3) is 0.571. The van der Waals surface area contributed by atoms with Gasteiger partial charge in [0.15, 0.2) is 0 Å². The smallest absolute Gasteiger partial charge is 0.287 e. The Morgan fingerprint density at radius 2 is 2.50 bits per heavy atom. The maximum absolute atomic E-state index is 12.1. The number of likely N-dealkylation sites (N-methyl/N-ethyl adjacent to an activating group) is 1. The minimum absolute atomic E-state index is 0.238. The van der Waals surface area contributed by atoms with E-state index >= 15 is 0 Å². The molecular weight excluding hydrogens is 276 g/mol. The molecule has 0 spiro atoms. The van der Waals surface area contributed by atoms with Crippen LogP contribution in [0.25, 0.3) is 0 Å². The van der Waals surface area contributed by atoms with Crippen molar-refractivity contribution in [1.82, 2.24) is 15.1 Å². The number of halogens is 1. The highest BCUT2D eigenvalue weighted by atomic mass is 35.5. The van der Waals surface area contributed by atoms with Gasteiger partial charge >= 0.3 is 0 Å². The Kier molecular flexibility index (Phi) is 5.20. The Bertz CT molecular complexity index is 522. The van der Waals surface area contributed by atoms with Crippen molar-refractivity contribution < 1.29 is 0 Å². The van der Waals surface area contributed by atoms with Gasteiger partial charge in [0.1, 0.15) is 5.02 Å². The largest absolute Gasteiger partial charge is 0.368 e. The molecule has 0 saturated carbocycles. The van der Waals surface area contributed by atoms with E-state index in [0.717, 1.165) is 26.1 Å². The van der Waals surface area contributed by atoms with Crippen LogP contribution in [-0.4, -0.2) is 35.5 Å². The van der Waals surface area contributed by atoms with Gasteiger partial charge in [-0.25, -0.2) is 4.68 Å². The summed E-state index contributed by atoms with van der Waals surface area (Å²) in [7, 11) is 0. The molecule has 0 amide bonds. The van der Waals surface area contributed by atoms with Crippen molar-refractivity contribution in [2.45, 2.75) is 32.4 Å². The summed E-state index contributed by atoms with van der Waals surface area (Å²) in [5.41, 5.74) is 0.454. The van der Waals surface area contributed by atoms with Crippen molar-refractivity contribution in [2.24, 2.45) is 0 Å². The number of nitrogens with zero attached hydrogens (tertiary/aromatic N) is 3. The van der Waals surface area contributed by atoms with Crippen LogP contribution < -0.4 is 15.8 Å².